The second-order valence-electron chi connectivity index (χ2n) is 6.95. The first-order chi connectivity index (χ1) is 12.9. The van der Waals surface area contributed by atoms with Crippen LogP contribution in [0.4, 0.5) is 19.0 Å². The van der Waals surface area contributed by atoms with Crippen molar-refractivity contribution in [2.45, 2.75) is 37.5 Å². The van der Waals surface area contributed by atoms with Gasteiger partial charge in [-0.15, -0.1) is 0 Å². The van der Waals surface area contributed by atoms with Gasteiger partial charge < -0.3 is 15.4 Å². The molecular formula is C20H24F3N3O. The van der Waals surface area contributed by atoms with Gasteiger partial charge in [0, 0.05) is 37.5 Å². The third-order valence-corrected chi connectivity index (χ3v) is 4.97. The van der Waals surface area contributed by atoms with Crippen LogP contribution >= 0.6 is 0 Å². The van der Waals surface area contributed by atoms with Crippen LogP contribution in [0.25, 0.3) is 0 Å². The van der Waals surface area contributed by atoms with Crippen LogP contribution in [0.2, 0.25) is 0 Å². The van der Waals surface area contributed by atoms with Crippen LogP contribution in [0.5, 0.6) is 0 Å². The molecule has 2 aromatic rings. The normalized spacial score (nSPS) is 18.1. The van der Waals surface area contributed by atoms with Crippen LogP contribution in [0.1, 0.15) is 36.9 Å². The lowest BCUT2D eigenvalue weighted by molar-refractivity contribution is -0.137. The summed E-state index contributed by atoms with van der Waals surface area (Å²) in [7, 11) is 0. The van der Waals surface area contributed by atoms with E-state index >= 15 is 0 Å². The van der Waals surface area contributed by atoms with Crippen LogP contribution in [0.3, 0.4) is 0 Å². The fourth-order valence-electron chi connectivity index (χ4n) is 3.38. The molecule has 1 unspecified atom stereocenters. The third-order valence-electron chi connectivity index (χ3n) is 4.97. The molecule has 2 N–H and O–H groups in total. The molecule has 1 aliphatic heterocycles. The molecule has 4 nitrogen and oxygen atoms in total. The number of hydrogen-bond acceptors (Lipinski definition) is 4. The quantitative estimate of drug-likeness (QED) is 0.780. The molecule has 7 heteroatoms. The highest BCUT2D eigenvalue weighted by molar-refractivity contribution is 5.39. The van der Waals surface area contributed by atoms with Crippen molar-refractivity contribution in [3.63, 3.8) is 0 Å². The molecule has 27 heavy (non-hydrogen) atoms. The highest BCUT2D eigenvalue weighted by Crippen LogP contribution is 2.30. The van der Waals surface area contributed by atoms with Gasteiger partial charge in [-0.3, -0.25) is 0 Å². The number of benzene rings is 1. The zero-order chi connectivity index (χ0) is 19.3. The maximum Gasteiger partial charge on any atom is 0.416 e. The Morgan fingerprint density at radius 3 is 2.52 bits per heavy atom. The molecule has 3 rings (SSSR count). The molecule has 1 aromatic heterocycles. The standard InChI is InChI=1S/C20H24F3N3O/c1-15(16-5-3-2-4-6-16)26-19(8-11-27-12-9-19)14-25-18-13-17(7-10-24-18)20(21,22)23/h2-7,10,13,15,26H,8-9,11-12,14H2,1H3,(H,24,25). The van der Waals surface area contributed by atoms with Gasteiger partial charge >= 0.3 is 6.18 Å². The number of aromatic nitrogens is 1. The third kappa shape index (κ3) is 5.20. The minimum Gasteiger partial charge on any atom is -0.381 e. The highest BCUT2D eigenvalue weighted by atomic mass is 19.4. The van der Waals surface area contributed by atoms with Gasteiger partial charge in [0.1, 0.15) is 5.82 Å². The molecule has 1 aliphatic rings. The first-order valence-electron chi connectivity index (χ1n) is 9.06. The van der Waals surface area contributed by atoms with Crippen molar-refractivity contribution in [2.75, 3.05) is 25.1 Å². The number of pyridine rings is 1. The summed E-state index contributed by atoms with van der Waals surface area (Å²) in [5.74, 6) is 0.227. The number of rotatable bonds is 6. The van der Waals surface area contributed by atoms with Gasteiger partial charge in [0.05, 0.1) is 5.56 Å². The Kier molecular flexibility index (Phi) is 6.01. The minimum absolute atomic E-state index is 0.112. The van der Waals surface area contributed by atoms with Crippen molar-refractivity contribution < 1.29 is 17.9 Å². The molecule has 2 heterocycles. The summed E-state index contributed by atoms with van der Waals surface area (Å²) in [5.41, 5.74) is 0.191. The van der Waals surface area contributed by atoms with Crippen molar-refractivity contribution in [2.24, 2.45) is 0 Å². The van der Waals surface area contributed by atoms with Crippen molar-refractivity contribution in [3.05, 3.63) is 59.8 Å². The van der Waals surface area contributed by atoms with Crippen molar-refractivity contribution >= 4 is 5.82 Å². The zero-order valence-electron chi connectivity index (χ0n) is 15.2. The Hall–Kier alpha value is -2.12. The fraction of sp³-hybridized carbons (Fsp3) is 0.450. The molecule has 0 amide bonds. The largest absolute Gasteiger partial charge is 0.416 e. The molecule has 146 valence electrons. The van der Waals surface area contributed by atoms with Crippen molar-refractivity contribution in [3.8, 4) is 0 Å². The van der Waals surface area contributed by atoms with Gasteiger partial charge in [-0.1, -0.05) is 30.3 Å². The number of halogens is 3. The van der Waals surface area contributed by atoms with Gasteiger partial charge in [-0.2, -0.15) is 13.2 Å². The molecule has 1 saturated heterocycles. The minimum atomic E-state index is -4.38. The molecule has 1 atom stereocenters. The second-order valence-corrected chi connectivity index (χ2v) is 6.95. The van der Waals surface area contributed by atoms with E-state index in [-0.39, 0.29) is 17.4 Å². The smallest absolute Gasteiger partial charge is 0.381 e. The van der Waals surface area contributed by atoms with E-state index in [1.807, 2.05) is 18.2 Å². The second kappa shape index (κ2) is 8.27. The molecule has 0 bridgehead atoms. The maximum atomic E-state index is 12.9. The summed E-state index contributed by atoms with van der Waals surface area (Å²) in [6, 6.07) is 12.2. The summed E-state index contributed by atoms with van der Waals surface area (Å²) >= 11 is 0. The number of ether oxygens (including phenoxy) is 1. The van der Waals surface area contributed by atoms with E-state index in [0.717, 1.165) is 25.0 Å². The number of hydrogen-bond donors (Lipinski definition) is 2. The fourth-order valence-corrected chi connectivity index (χ4v) is 3.38. The van der Waals surface area contributed by atoms with Gasteiger partial charge in [0.15, 0.2) is 0 Å². The number of nitrogens with one attached hydrogen (secondary N) is 2. The van der Waals surface area contributed by atoms with E-state index in [4.69, 9.17) is 4.74 Å². The maximum absolute atomic E-state index is 12.9. The summed E-state index contributed by atoms with van der Waals surface area (Å²) in [5, 5.41) is 6.77. The van der Waals surface area contributed by atoms with Gasteiger partial charge in [0.2, 0.25) is 0 Å². The summed E-state index contributed by atoms with van der Waals surface area (Å²) in [6.45, 7) is 3.80. The predicted molar refractivity (Wildman–Crippen MR) is 98.5 cm³/mol. The topological polar surface area (TPSA) is 46.2 Å². The SMILES string of the molecule is CC(NC1(CNc2cc(C(F)(F)F)ccn2)CCOCC1)c1ccccc1. The average molecular weight is 379 g/mol. The van der Waals surface area contributed by atoms with Crippen LogP contribution < -0.4 is 10.6 Å². The zero-order valence-corrected chi connectivity index (χ0v) is 15.2. The van der Waals surface area contributed by atoms with Crippen LogP contribution in [-0.4, -0.2) is 30.3 Å². The van der Waals surface area contributed by atoms with Crippen LogP contribution in [-0.2, 0) is 10.9 Å². The van der Waals surface area contributed by atoms with Crippen LogP contribution in [0, 0.1) is 0 Å². The average Bonchev–Trinajstić information content (AvgIpc) is 2.67. The Balaban J connectivity index is 1.72. The van der Waals surface area contributed by atoms with E-state index in [2.05, 4.69) is 34.7 Å². The number of anilines is 1. The molecule has 1 aromatic carbocycles. The number of alkyl halides is 3. The lowest BCUT2D eigenvalue weighted by atomic mass is 9.88. The highest BCUT2D eigenvalue weighted by Gasteiger charge is 2.34. The molecular weight excluding hydrogens is 355 g/mol. The lowest BCUT2D eigenvalue weighted by Gasteiger charge is -2.40. The summed E-state index contributed by atoms with van der Waals surface area (Å²) < 4.78 is 44.2. The van der Waals surface area contributed by atoms with Gasteiger partial charge in [-0.05, 0) is 37.5 Å². The molecule has 0 spiro atoms. The Labute approximate surface area is 157 Å². The van der Waals surface area contributed by atoms with E-state index in [1.165, 1.54) is 11.8 Å². The monoisotopic (exact) mass is 379 g/mol. The van der Waals surface area contributed by atoms with Gasteiger partial charge in [0.25, 0.3) is 0 Å². The van der Waals surface area contributed by atoms with Gasteiger partial charge in [-0.25, -0.2) is 4.98 Å². The Bertz CT molecular complexity index is 731. The van der Waals surface area contributed by atoms with E-state index in [0.29, 0.717) is 19.8 Å². The molecule has 0 aliphatic carbocycles. The van der Waals surface area contributed by atoms with E-state index in [1.54, 1.807) is 0 Å². The molecule has 1 fully saturated rings. The number of nitrogens with zero attached hydrogens (tertiary/aromatic N) is 1. The van der Waals surface area contributed by atoms with E-state index < -0.39 is 11.7 Å². The Morgan fingerprint density at radius 2 is 1.85 bits per heavy atom. The van der Waals surface area contributed by atoms with Crippen molar-refractivity contribution in [1.82, 2.24) is 10.3 Å². The molecule has 0 radical (unpaired) electrons. The first-order valence-corrected chi connectivity index (χ1v) is 9.06. The van der Waals surface area contributed by atoms with Crippen molar-refractivity contribution in [1.29, 1.82) is 0 Å². The molecule has 0 saturated carbocycles. The predicted octanol–water partition coefficient (Wildman–Crippen LogP) is 4.41. The first kappa shape index (κ1) is 19.6. The summed E-state index contributed by atoms with van der Waals surface area (Å²) in [6.07, 6.45) is -1.65. The van der Waals surface area contributed by atoms with E-state index in [9.17, 15) is 13.2 Å². The Morgan fingerprint density at radius 1 is 1.15 bits per heavy atom. The van der Waals surface area contributed by atoms with Crippen LogP contribution in [0.15, 0.2) is 48.7 Å². The summed E-state index contributed by atoms with van der Waals surface area (Å²) in [4.78, 5) is 4.04. The lowest BCUT2D eigenvalue weighted by Crippen LogP contribution is -2.54.